The average molecular weight is 869 g/mol. The molecule has 0 saturated heterocycles. The quantitative estimate of drug-likeness (QED) is 0.113. The molecule has 0 atom stereocenters. The van der Waals surface area contributed by atoms with Crippen LogP contribution in [0.3, 0.4) is 0 Å². The van der Waals surface area contributed by atoms with Gasteiger partial charge in [-0.1, -0.05) is 81.7 Å². The number of hydrogen-bond acceptors (Lipinski definition) is 4. The Morgan fingerprint density at radius 2 is 1.35 bits per heavy atom. The summed E-state index contributed by atoms with van der Waals surface area (Å²) in [6.45, 7) is 13.4. The summed E-state index contributed by atoms with van der Waals surface area (Å²) >= 11 is 1.66. The van der Waals surface area contributed by atoms with E-state index >= 15 is 0 Å². The van der Waals surface area contributed by atoms with Crippen molar-refractivity contribution >= 4 is 50.6 Å². The van der Waals surface area contributed by atoms with Gasteiger partial charge < -0.3 is 4.57 Å². The molecule has 51 heavy (non-hydrogen) atoms. The first kappa shape index (κ1) is 35.1. The minimum Gasteiger partial charge on any atom is -0.319 e. The zero-order valence-electron chi connectivity index (χ0n) is 29.7. The zero-order valence-corrected chi connectivity index (χ0v) is 32.8. The maximum Gasteiger partial charge on any atom is 0.145 e. The molecule has 0 unspecified atom stereocenters. The van der Waals surface area contributed by atoms with E-state index < -0.39 is 0 Å². The standard InChI is InChI=1S/C44H40N4OS.Pt/c1-28(2)35-16-12-17-36(29(3)4)44(35)31-23-24-45-43(25-31)46-39-18-8-7-15-37(39)38-22-21-34(27-42(38)46)50-33-14-11-13-32(26-33)48-41-20-10-9-19-40(41)47(49-48)30(5)6;/h7-25,28-30H,1-6H3;/q-2;/p+1. The molecule has 3 heterocycles. The third kappa shape index (κ3) is 6.39. The Morgan fingerprint density at radius 3 is 2.10 bits per heavy atom. The zero-order chi connectivity index (χ0) is 34.5. The summed E-state index contributed by atoms with van der Waals surface area (Å²) in [6.07, 6.45) is 1.95. The number of rotatable bonds is 8. The van der Waals surface area contributed by atoms with E-state index in [0.29, 0.717) is 11.8 Å². The van der Waals surface area contributed by atoms with Crippen LogP contribution in [0.5, 0.6) is 0 Å². The van der Waals surface area contributed by atoms with Crippen LogP contribution < -0.4 is 10.1 Å². The second-order valence-electron chi connectivity index (χ2n) is 13.8. The first-order valence-corrected chi connectivity index (χ1v) is 18.3. The van der Waals surface area contributed by atoms with Gasteiger partial charge in [-0.25, -0.2) is 4.98 Å². The summed E-state index contributed by atoms with van der Waals surface area (Å²) in [7, 11) is 0. The molecule has 1 N–H and O–H groups in total. The molecule has 7 heteroatoms. The topological polar surface area (TPSA) is 37.1 Å². The third-order valence-electron chi connectivity index (χ3n) is 9.43. The number of nitrogens with zero attached hydrogens (tertiary/aromatic N) is 4. The van der Waals surface area contributed by atoms with Crippen molar-refractivity contribution in [2.75, 3.05) is 10.1 Å². The van der Waals surface area contributed by atoms with E-state index in [-0.39, 0.29) is 27.1 Å². The van der Waals surface area contributed by atoms with Crippen LogP contribution in [0.15, 0.2) is 125 Å². The summed E-state index contributed by atoms with van der Waals surface area (Å²) in [5.41, 5.74) is 10.4. The summed E-state index contributed by atoms with van der Waals surface area (Å²) in [6, 6.07) is 46.4. The van der Waals surface area contributed by atoms with Crippen molar-refractivity contribution in [3.8, 4) is 16.9 Å². The Balaban J connectivity index is 0.00000406. The monoisotopic (exact) mass is 868 g/mol. The van der Waals surface area contributed by atoms with Crippen LogP contribution in [0, 0.1) is 12.1 Å². The molecule has 0 aliphatic carbocycles. The molecule has 0 spiro atoms. The van der Waals surface area contributed by atoms with Gasteiger partial charge in [-0.15, -0.1) is 55.3 Å². The minimum atomic E-state index is 0. The second-order valence-corrected chi connectivity index (χ2v) is 14.9. The first-order valence-electron chi connectivity index (χ1n) is 17.4. The van der Waals surface area contributed by atoms with E-state index in [1.165, 1.54) is 27.6 Å². The molecule has 2 aromatic heterocycles. The molecule has 8 rings (SSSR count). The van der Waals surface area contributed by atoms with Crippen LogP contribution in [0.25, 0.3) is 38.8 Å². The van der Waals surface area contributed by atoms with Gasteiger partial charge in [0.05, 0.1) is 6.04 Å². The van der Waals surface area contributed by atoms with Gasteiger partial charge in [-0.05, 0) is 83.7 Å². The van der Waals surface area contributed by atoms with Crippen LogP contribution in [0.1, 0.15) is 64.5 Å². The maximum absolute atomic E-state index is 4.97. The van der Waals surface area contributed by atoms with Crippen molar-refractivity contribution in [3.63, 3.8) is 0 Å². The molecule has 0 bridgehead atoms. The fraction of sp³-hybridized carbons (Fsp3) is 0.205. The number of hydroxylamine groups is 1. The summed E-state index contributed by atoms with van der Waals surface area (Å²) in [5.74, 6) is 1.69. The number of benzene rings is 5. The molecule has 5 nitrogen and oxygen atoms in total. The molecule has 7 aromatic rings. The molecule has 260 valence electrons. The number of hydrogen-bond donors (Lipinski definition) is 0. The predicted octanol–water partition coefficient (Wildman–Crippen LogP) is 12.0. The second kappa shape index (κ2) is 14.3. The number of fused-ring (bicyclic) bond motifs is 4. The van der Waals surface area contributed by atoms with Crippen LogP contribution in [0.4, 0.5) is 17.1 Å². The predicted molar refractivity (Wildman–Crippen MR) is 208 cm³/mol. The Bertz CT molecular complexity index is 2340. The van der Waals surface area contributed by atoms with Gasteiger partial charge in [0.1, 0.15) is 17.2 Å². The molecule has 5 aromatic carbocycles. The van der Waals surface area contributed by atoms with Gasteiger partial charge in [0.2, 0.25) is 0 Å². The van der Waals surface area contributed by atoms with Gasteiger partial charge >= 0.3 is 0 Å². The van der Waals surface area contributed by atoms with E-state index in [1.54, 1.807) is 11.8 Å². The van der Waals surface area contributed by atoms with Gasteiger partial charge in [0.25, 0.3) is 0 Å². The van der Waals surface area contributed by atoms with Crippen molar-refractivity contribution in [2.45, 2.75) is 69.2 Å². The summed E-state index contributed by atoms with van der Waals surface area (Å²) in [4.78, 5) is 11.9. The third-order valence-corrected chi connectivity index (χ3v) is 10.3. The van der Waals surface area contributed by atoms with Crippen molar-refractivity contribution in [2.24, 2.45) is 0 Å². The summed E-state index contributed by atoms with van der Waals surface area (Å²) < 4.78 is 2.27. The van der Waals surface area contributed by atoms with Gasteiger partial charge in [0.15, 0.2) is 0 Å². The SMILES string of the molecule is CC(C)c1cccc(C(C)C)c1-c1ccnc(-n2c3[c-]c(Sc4[c-]c(N5[OH+]N(C(C)C)c6ccccc65)ccc4)ccc3c3ccccc32)c1.[Pt]. The Labute approximate surface area is 319 Å². The van der Waals surface area contributed by atoms with E-state index in [1.807, 2.05) is 11.3 Å². The molecule has 1 aliphatic rings. The van der Waals surface area contributed by atoms with Crippen molar-refractivity contribution in [1.29, 1.82) is 0 Å². The molecule has 0 saturated carbocycles. The maximum atomic E-state index is 4.97. The van der Waals surface area contributed by atoms with Crippen LogP contribution in [0.2, 0.25) is 0 Å². The minimum absolute atomic E-state index is 0. The summed E-state index contributed by atoms with van der Waals surface area (Å²) in [5, 5.41) is 6.40. The molecular weight excluding hydrogens is 828 g/mol. The van der Waals surface area contributed by atoms with E-state index in [2.05, 4.69) is 173 Å². The Hall–Kier alpha value is -4.35. The average Bonchev–Trinajstić information content (AvgIpc) is 3.68. The number of pyridine rings is 1. The van der Waals surface area contributed by atoms with Crippen LogP contribution in [-0.4, -0.2) is 20.5 Å². The molecule has 1 aliphatic heterocycles. The fourth-order valence-corrected chi connectivity index (χ4v) is 7.90. The van der Waals surface area contributed by atoms with Gasteiger partial charge in [0, 0.05) is 38.5 Å². The molecule has 0 fully saturated rings. The Morgan fingerprint density at radius 1 is 0.667 bits per heavy atom. The van der Waals surface area contributed by atoms with Crippen LogP contribution >= 0.6 is 11.8 Å². The Kier molecular flexibility index (Phi) is 9.86. The van der Waals surface area contributed by atoms with Crippen molar-refractivity contribution in [1.82, 2.24) is 9.55 Å². The van der Waals surface area contributed by atoms with Crippen molar-refractivity contribution in [3.05, 3.63) is 139 Å². The van der Waals surface area contributed by atoms with Crippen molar-refractivity contribution < 1.29 is 26.0 Å². The molecule has 0 radical (unpaired) electrons. The normalized spacial score (nSPS) is 12.8. The number of anilines is 3. The van der Waals surface area contributed by atoms with Gasteiger partial charge in [-0.3, -0.25) is 0 Å². The largest absolute Gasteiger partial charge is 0.319 e. The number of aromatic nitrogens is 2. The molecular formula is C44H41N4OPtS-. The number of para-hydroxylation sites is 3. The van der Waals surface area contributed by atoms with E-state index in [4.69, 9.17) is 9.92 Å². The molecule has 0 amide bonds. The van der Waals surface area contributed by atoms with Gasteiger partial charge in [-0.2, -0.15) is 29.2 Å². The smallest absolute Gasteiger partial charge is 0.145 e. The van der Waals surface area contributed by atoms with Crippen LogP contribution in [-0.2, 0) is 21.1 Å². The first-order chi connectivity index (χ1) is 24.3. The van der Waals surface area contributed by atoms with E-state index in [0.717, 1.165) is 49.1 Å². The van der Waals surface area contributed by atoms with E-state index in [9.17, 15) is 0 Å². The fourth-order valence-electron chi connectivity index (χ4n) is 7.08.